The van der Waals surface area contributed by atoms with E-state index in [1.54, 1.807) is 7.11 Å². The molecule has 1 N–H and O–H groups in total. The quantitative estimate of drug-likeness (QED) is 0.559. The van der Waals surface area contributed by atoms with Crippen LogP contribution in [0.5, 0.6) is 0 Å². The Balaban J connectivity index is 2.49. The van der Waals surface area contributed by atoms with Crippen LogP contribution in [0.25, 0.3) is 0 Å². The third-order valence-electron chi connectivity index (χ3n) is 2.19. The van der Waals surface area contributed by atoms with Gasteiger partial charge in [0.15, 0.2) is 5.69 Å². The van der Waals surface area contributed by atoms with Crippen LogP contribution in [0.3, 0.4) is 0 Å². The lowest BCUT2D eigenvalue weighted by molar-refractivity contribution is 0.0493. The average molecular weight is 253 g/mol. The van der Waals surface area contributed by atoms with E-state index in [4.69, 9.17) is 9.47 Å². The van der Waals surface area contributed by atoms with E-state index in [-0.39, 0.29) is 5.69 Å². The largest absolute Gasteiger partial charge is 0.461 e. The van der Waals surface area contributed by atoms with Gasteiger partial charge in [-0.25, -0.2) is 14.8 Å². The first kappa shape index (κ1) is 14.4. The molecular formula is C12H19N3O3. The van der Waals surface area contributed by atoms with Crippen LogP contribution >= 0.6 is 0 Å². The number of esters is 1. The molecule has 0 aliphatic heterocycles. The molecule has 0 saturated carbocycles. The average Bonchev–Trinajstić information content (AvgIpc) is 2.39. The molecule has 0 saturated heterocycles. The Kier molecular flexibility index (Phi) is 6.71. The van der Waals surface area contributed by atoms with Crippen LogP contribution < -0.4 is 5.32 Å². The van der Waals surface area contributed by atoms with E-state index >= 15 is 0 Å². The maximum absolute atomic E-state index is 11.6. The van der Waals surface area contributed by atoms with E-state index in [0.717, 1.165) is 12.8 Å². The van der Waals surface area contributed by atoms with Gasteiger partial charge in [0.05, 0.1) is 13.2 Å². The van der Waals surface area contributed by atoms with Crippen molar-refractivity contribution in [1.29, 1.82) is 0 Å². The fourth-order valence-electron chi connectivity index (χ4n) is 1.21. The Labute approximate surface area is 107 Å². The van der Waals surface area contributed by atoms with Gasteiger partial charge >= 0.3 is 5.97 Å². The Bertz CT molecular complexity index is 371. The molecule has 18 heavy (non-hydrogen) atoms. The molecule has 0 spiro atoms. The Morgan fingerprint density at radius 2 is 2.28 bits per heavy atom. The molecule has 0 aromatic carbocycles. The van der Waals surface area contributed by atoms with E-state index in [2.05, 4.69) is 15.3 Å². The molecule has 1 aromatic rings. The van der Waals surface area contributed by atoms with Crippen molar-refractivity contribution in [2.24, 2.45) is 0 Å². The normalized spacial score (nSPS) is 10.1. The number of anilines is 1. The van der Waals surface area contributed by atoms with Crippen LogP contribution in [-0.4, -0.2) is 42.8 Å². The molecule has 0 radical (unpaired) electrons. The summed E-state index contributed by atoms with van der Waals surface area (Å²) in [4.78, 5) is 19.7. The zero-order valence-electron chi connectivity index (χ0n) is 10.8. The van der Waals surface area contributed by atoms with Crippen molar-refractivity contribution in [3.63, 3.8) is 0 Å². The molecule has 0 unspecified atom stereocenters. The van der Waals surface area contributed by atoms with Gasteiger partial charge in [-0.2, -0.15) is 0 Å². The predicted molar refractivity (Wildman–Crippen MR) is 67.6 cm³/mol. The van der Waals surface area contributed by atoms with Crippen molar-refractivity contribution in [2.75, 3.05) is 32.2 Å². The molecule has 1 heterocycles. The summed E-state index contributed by atoms with van der Waals surface area (Å²) in [5, 5.41) is 2.95. The fraction of sp³-hybridized carbons (Fsp3) is 0.583. The molecule has 0 aliphatic carbocycles. The van der Waals surface area contributed by atoms with Crippen molar-refractivity contribution >= 4 is 11.9 Å². The van der Waals surface area contributed by atoms with Gasteiger partial charge in [-0.3, -0.25) is 0 Å². The number of unbranched alkanes of at least 4 members (excludes halogenated alkanes) is 1. The van der Waals surface area contributed by atoms with Crippen LogP contribution in [0, 0.1) is 0 Å². The second-order valence-corrected chi connectivity index (χ2v) is 3.67. The van der Waals surface area contributed by atoms with E-state index in [1.165, 1.54) is 12.3 Å². The van der Waals surface area contributed by atoms with Gasteiger partial charge in [0.2, 0.25) is 5.95 Å². The third-order valence-corrected chi connectivity index (χ3v) is 2.19. The number of nitrogens with zero attached hydrogens (tertiary/aromatic N) is 2. The highest BCUT2D eigenvalue weighted by Crippen LogP contribution is 2.03. The number of nitrogens with one attached hydrogen (secondary N) is 1. The first-order chi connectivity index (χ1) is 8.77. The lowest BCUT2D eigenvalue weighted by Crippen LogP contribution is -2.13. The minimum atomic E-state index is -0.416. The number of carbonyl (C=O) groups is 1. The van der Waals surface area contributed by atoms with Gasteiger partial charge in [0.1, 0.15) is 0 Å². The lowest BCUT2D eigenvalue weighted by atomic mass is 10.3. The number of aromatic nitrogens is 2. The zero-order chi connectivity index (χ0) is 13.2. The van der Waals surface area contributed by atoms with Crippen LogP contribution in [-0.2, 0) is 9.47 Å². The molecule has 1 aromatic heterocycles. The van der Waals surface area contributed by atoms with Crippen molar-refractivity contribution in [3.8, 4) is 0 Å². The van der Waals surface area contributed by atoms with Crippen LogP contribution in [0.15, 0.2) is 12.3 Å². The summed E-state index contributed by atoms with van der Waals surface area (Å²) in [5.74, 6) is -0.0161. The molecule has 1 rings (SSSR count). The number of carbonyl (C=O) groups excluding carboxylic acids is 1. The number of hydrogen-bond donors (Lipinski definition) is 1. The van der Waals surface area contributed by atoms with Gasteiger partial charge < -0.3 is 14.8 Å². The van der Waals surface area contributed by atoms with Crippen LogP contribution in [0.2, 0.25) is 0 Å². The molecule has 6 nitrogen and oxygen atoms in total. The summed E-state index contributed by atoms with van der Waals surface area (Å²) in [6.45, 7) is 3.60. The Morgan fingerprint density at radius 3 is 3.00 bits per heavy atom. The van der Waals surface area contributed by atoms with Crippen molar-refractivity contribution in [1.82, 2.24) is 9.97 Å². The molecular weight excluding hydrogens is 234 g/mol. The molecule has 0 amide bonds. The predicted octanol–water partition coefficient (Wildman–Crippen LogP) is 1.49. The molecule has 0 fully saturated rings. The summed E-state index contributed by atoms with van der Waals surface area (Å²) in [6, 6.07) is 1.54. The van der Waals surface area contributed by atoms with Crippen molar-refractivity contribution in [2.45, 2.75) is 19.8 Å². The monoisotopic (exact) mass is 253 g/mol. The minimum Gasteiger partial charge on any atom is -0.461 e. The van der Waals surface area contributed by atoms with Gasteiger partial charge in [-0.15, -0.1) is 0 Å². The first-order valence-corrected chi connectivity index (χ1v) is 6.01. The van der Waals surface area contributed by atoms with E-state index in [9.17, 15) is 4.79 Å². The highest BCUT2D eigenvalue weighted by Gasteiger charge is 2.09. The topological polar surface area (TPSA) is 73.3 Å². The van der Waals surface area contributed by atoms with Crippen LogP contribution in [0.1, 0.15) is 30.3 Å². The number of methoxy groups -OCH3 is 1. The summed E-state index contributed by atoms with van der Waals surface area (Å²) in [6.07, 6.45) is 3.37. The molecule has 6 heteroatoms. The Morgan fingerprint density at radius 1 is 1.44 bits per heavy atom. The number of ether oxygens (including phenoxy) is 2. The van der Waals surface area contributed by atoms with E-state index in [1.807, 2.05) is 6.92 Å². The first-order valence-electron chi connectivity index (χ1n) is 6.01. The highest BCUT2D eigenvalue weighted by molar-refractivity contribution is 5.87. The van der Waals surface area contributed by atoms with Gasteiger partial charge in [-0.1, -0.05) is 13.3 Å². The SMILES string of the molecule is CCCCOC(=O)c1ccnc(NCCOC)n1. The Hall–Kier alpha value is -1.69. The number of rotatable bonds is 8. The summed E-state index contributed by atoms with van der Waals surface area (Å²) in [5.41, 5.74) is 0.265. The van der Waals surface area contributed by atoms with Gasteiger partial charge in [0.25, 0.3) is 0 Å². The van der Waals surface area contributed by atoms with Crippen molar-refractivity contribution < 1.29 is 14.3 Å². The summed E-state index contributed by atoms with van der Waals surface area (Å²) < 4.78 is 9.96. The summed E-state index contributed by atoms with van der Waals surface area (Å²) >= 11 is 0. The fourth-order valence-corrected chi connectivity index (χ4v) is 1.21. The second-order valence-electron chi connectivity index (χ2n) is 3.67. The third kappa shape index (κ3) is 5.09. The maximum atomic E-state index is 11.6. The van der Waals surface area contributed by atoms with Gasteiger partial charge in [0, 0.05) is 19.9 Å². The second kappa shape index (κ2) is 8.41. The molecule has 0 aliphatic rings. The van der Waals surface area contributed by atoms with E-state index in [0.29, 0.717) is 25.7 Å². The van der Waals surface area contributed by atoms with Crippen LogP contribution in [0.4, 0.5) is 5.95 Å². The molecule has 0 atom stereocenters. The van der Waals surface area contributed by atoms with Gasteiger partial charge in [-0.05, 0) is 12.5 Å². The summed E-state index contributed by atoms with van der Waals surface area (Å²) in [7, 11) is 1.62. The minimum absolute atomic E-state index is 0.265. The maximum Gasteiger partial charge on any atom is 0.357 e. The molecule has 0 bridgehead atoms. The smallest absolute Gasteiger partial charge is 0.357 e. The standard InChI is InChI=1S/C12H19N3O3/c1-3-4-8-18-11(16)10-5-6-13-12(15-10)14-7-9-17-2/h5-6H,3-4,7-9H2,1-2H3,(H,13,14,15). The lowest BCUT2D eigenvalue weighted by Gasteiger charge is -2.06. The zero-order valence-corrected chi connectivity index (χ0v) is 10.8. The van der Waals surface area contributed by atoms with Crippen molar-refractivity contribution in [3.05, 3.63) is 18.0 Å². The molecule has 100 valence electrons. The highest BCUT2D eigenvalue weighted by atomic mass is 16.5. The van der Waals surface area contributed by atoms with E-state index < -0.39 is 5.97 Å². The number of hydrogen-bond acceptors (Lipinski definition) is 6.